The van der Waals surface area contributed by atoms with E-state index in [0.29, 0.717) is 32.2 Å². The van der Waals surface area contributed by atoms with Gasteiger partial charge >= 0.3 is 0 Å². The molecule has 2 aromatic rings. The summed E-state index contributed by atoms with van der Waals surface area (Å²) in [5.74, 6) is 1.12. The van der Waals surface area contributed by atoms with Gasteiger partial charge in [0.25, 0.3) is 0 Å². The quantitative estimate of drug-likeness (QED) is 0.340. The van der Waals surface area contributed by atoms with E-state index in [1.165, 1.54) is 5.56 Å². The highest BCUT2D eigenvalue weighted by atomic mass is 127. The van der Waals surface area contributed by atoms with Crippen LogP contribution >= 0.6 is 24.0 Å². The maximum Gasteiger partial charge on any atom is 0.246 e. The van der Waals surface area contributed by atoms with Crippen molar-refractivity contribution in [2.75, 3.05) is 44.7 Å². The molecule has 1 unspecified atom stereocenters. The maximum atomic E-state index is 12.6. The summed E-state index contributed by atoms with van der Waals surface area (Å²) in [6.45, 7) is 5.78. The van der Waals surface area contributed by atoms with Crippen molar-refractivity contribution in [3.63, 3.8) is 0 Å². The smallest absolute Gasteiger partial charge is 0.246 e. The maximum absolute atomic E-state index is 12.6. The minimum Gasteiger partial charge on any atom is -0.376 e. The Labute approximate surface area is 195 Å². The van der Waals surface area contributed by atoms with Crippen LogP contribution in [0.15, 0.2) is 47.7 Å². The van der Waals surface area contributed by atoms with Gasteiger partial charge in [0.2, 0.25) is 5.91 Å². The SMILES string of the molecule is CN=C(NCC(C)COCc1ccccc1)N1CCN(c2cnn(C)c2)C(=O)C1.I. The highest BCUT2D eigenvalue weighted by Crippen LogP contribution is 2.16. The summed E-state index contributed by atoms with van der Waals surface area (Å²) in [4.78, 5) is 20.7. The van der Waals surface area contributed by atoms with Crippen LogP contribution in [0.1, 0.15) is 12.5 Å². The molecule has 1 fully saturated rings. The molecule has 1 aliphatic rings. The monoisotopic (exact) mass is 526 g/mol. The number of nitrogens with one attached hydrogen (secondary N) is 1. The first-order valence-electron chi connectivity index (χ1n) is 9.93. The number of carbonyl (C=O) groups excluding carboxylic acids is 1. The zero-order chi connectivity index (χ0) is 20.6. The number of aromatic nitrogens is 2. The molecule has 164 valence electrons. The predicted molar refractivity (Wildman–Crippen MR) is 129 cm³/mol. The molecule has 1 aromatic heterocycles. The van der Waals surface area contributed by atoms with Gasteiger partial charge in [0.1, 0.15) is 6.54 Å². The summed E-state index contributed by atoms with van der Waals surface area (Å²) in [5, 5.41) is 7.53. The normalized spacial score (nSPS) is 15.7. The second kappa shape index (κ2) is 11.9. The van der Waals surface area contributed by atoms with Crippen molar-refractivity contribution in [1.29, 1.82) is 0 Å². The number of anilines is 1. The van der Waals surface area contributed by atoms with Crippen molar-refractivity contribution >= 4 is 41.5 Å². The lowest BCUT2D eigenvalue weighted by Crippen LogP contribution is -2.55. The lowest BCUT2D eigenvalue weighted by molar-refractivity contribution is -0.120. The van der Waals surface area contributed by atoms with Crippen LogP contribution < -0.4 is 10.2 Å². The number of ether oxygens (including phenoxy) is 1. The summed E-state index contributed by atoms with van der Waals surface area (Å²) >= 11 is 0. The van der Waals surface area contributed by atoms with Gasteiger partial charge in [-0.25, -0.2) is 0 Å². The predicted octanol–water partition coefficient (Wildman–Crippen LogP) is 2.11. The van der Waals surface area contributed by atoms with Gasteiger partial charge < -0.3 is 19.9 Å². The van der Waals surface area contributed by atoms with Crippen molar-refractivity contribution in [2.45, 2.75) is 13.5 Å². The molecule has 1 atom stereocenters. The molecule has 0 aliphatic carbocycles. The number of halogens is 1. The van der Waals surface area contributed by atoms with E-state index in [1.54, 1.807) is 22.8 Å². The van der Waals surface area contributed by atoms with Crippen molar-refractivity contribution < 1.29 is 9.53 Å². The van der Waals surface area contributed by atoms with E-state index in [4.69, 9.17) is 4.74 Å². The van der Waals surface area contributed by atoms with Crippen LogP contribution in [0.3, 0.4) is 0 Å². The largest absolute Gasteiger partial charge is 0.376 e. The fourth-order valence-corrected chi connectivity index (χ4v) is 3.28. The van der Waals surface area contributed by atoms with Gasteiger partial charge in [-0.2, -0.15) is 5.10 Å². The summed E-state index contributed by atoms with van der Waals surface area (Å²) < 4.78 is 7.52. The number of rotatable bonds is 7. The fraction of sp³-hybridized carbons (Fsp3) is 0.476. The number of hydrogen-bond donors (Lipinski definition) is 1. The molecule has 8 nitrogen and oxygen atoms in total. The van der Waals surface area contributed by atoms with Crippen LogP contribution in [0.2, 0.25) is 0 Å². The zero-order valence-corrected chi connectivity index (χ0v) is 20.2. The molecule has 3 rings (SSSR count). The minimum absolute atomic E-state index is 0. The summed E-state index contributed by atoms with van der Waals surface area (Å²) in [5.41, 5.74) is 2.01. The third-order valence-electron chi connectivity index (χ3n) is 4.86. The number of benzene rings is 1. The molecule has 1 N–H and O–H groups in total. The molecular formula is C21H31IN6O2. The number of aliphatic imine (C=N–C) groups is 1. The molecule has 0 spiro atoms. The first kappa shape index (κ1) is 24.1. The van der Waals surface area contributed by atoms with Crippen LogP contribution in [0, 0.1) is 5.92 Å². The molecule has 2 heterocycles. The topological polar surface area (TPSA) is 75.0 Å². The van der Waals surface area contributed by atoms with Crippen LogP contribution in [0.4, 0.5) is 5.69 Å². The first-order chi connectivity index (χ1) is 14.1. The number of piperazine rings is 1. The van der Waals surface area contributed by atoms with E-state index in [2.05, 4.69) is 34.5 Å². The Morgan fingerprint density at radius 3 is 2.70 bits per heavy atom. The average Bonchev–Trinajstić information content (AvgIpc) is 3.15. The van der Waals surface area contributed by atoms with Crippen molar-refractivity contribution in [2.24, 2.45) is 18.0 Å². The number of hydrogen-bond acceptors (Lipinski definition) is 4. The third-order valence-corrected chi connectivity index (χ3v) is 4.86. The van der Waals surface area contributed by atoms with Crippen molar-refractivity contribution in [1.82, 2.24) is 20.0 Å². The number of amides is 1. The number of nitrogens with zero attached hydrogens (tertiary/aromatic N) is 5. The molecule has 0 bridgehead atoms. The van der Waals surface area contributed by atoms with Crippen LogP contribution in [-0.2, 0) is 23.2 Å². The number of guanidine groups is 1. The lowest BCUT2D eigenvalue weighted by Gasteiger charge is -2.35. The van der Waals surface area contributed by atoms with Gasteiger partial charge in [-0.05, 0) is 11.5 Å². The third kappa shape index (κ3) is 6.69. The van der Waals surface area contributed by atoms with Crippen LogP contribution in [-0.4, -0.2) is 66.4 Å². The molecule has 1 aliphatic heterocycles. The fourth-order valence-electron chi connectivity index (χ4n) is 3.28. The van der Waals surface area contributed by atoms with Crippen molar-refractivity contribution in [3.8, 4) is 0 Å². The molecule has 30 heavy (non-hydrogen) atoms. The van der Waals surface area contributed by atoms with Gasteiger partial charge in [-0.3, -0.25) is 14.5 Å². The highest BCUT2D eigenvalue weighted by molar-refractivity contribution is 14.0. The van der Waals surface area contributed by atoms with E-state index < -0.39 is 0 Å². The Bertz CT molecular complexity index is 826. The second-order valence-electron chi connectivity index (χ2n) is 7.37. The van der Waals surface area contributed by atoms with E-state index in [9.17, 15) is 4.79 Å². The van der Waals surface area contributed by atoms with Gasteiger partial charge in [0, 0.05) is 39.9 Å². The lowest BCUT2D eigenvalue weighted by atomic mass is 10.2. The first-order valence-corrected chi connectivity index (χ1v) is 9.93. The number of aryl methyl sites for hydroxylation is 1. The molecular weight excluding hydrogens is 495 g/mol. The summed E-state index contributed by atoms with van der Waals surface area (Å²) in [6, 6.07) is 10.2. The second-order valence-corrected chi connectivity index (χ2v) is 7.37. The Kier molecular flexibility index (Phi) is 9.57. The molecule has 1 saturated heterocycles. The van der Waals surface area contributed by atoms with E-state index in [-0.39, 0.29) is 29.9 Å². The standard InChI is InChI=1S/C21H30N6O2.HI/c1-17(15-29-16-18-7-5-4-6-8-18)11-23-21(22-2)26-9-10-27(20(28)14-26)19-12-24-25(3)13-19;/h4-8,12-13,17H,9-11,14-16H2,1-3H3,(H,22,23);1H. The Hall–Kier alpha value is -2.14. The molecule has 0 radical (unpaired) electrons. The van der Waals surface area contributed by atoms with Gasteiger partial charge in [-0.15, -0.1) is 24.0 Å². The Balaban J connectivity index is 0.00000320. The molecule has 1 amide bonds. The van der Waals surface area contributed by atoms with E-state index >= 15 is 0 Å². The Morgan fingerprint density at radius 1 is 1.30 bits per heavy atom. The van der Waals surface area contributed by atoms with E-state index in [1.807, 2.05) is 36.3 Å². The number of carbonyl (C=O) groups is 1. The molecule has 1 aromatic carbocycles. The van der Waals surface area contributed by atoms with Gasteiger partial charge in [0.15, 0.2) is 5.96 Å². The molecule has 0 saturated carbocycles. The van der Waals surface area contributed by atoms with Gasteiger partial charge in [-0.1, -0.05) is 37.3 Å². The van der Waals surface area contributed by atoms with Crippen molar-refractivity contribution in [3.05, 3.63) is 48.3 Å². The van der Waals surface area contributed by atoms with Crippen LogP contribution in [0.5, 0.6) is 0 Å². The van der Waals surface area contributed by atoms with E-state index in [0.717, 1.165) is 24.7 Å². The average molecular weight is 526 g/mol. The van der Waals surface area contributed by atoms with Gasteiger partial charge in [0.05, 0.1) is 25.1 Å². The summed E-state index contributed by atoms with van der Waals surface area (Å²) in [6.07, 6.45) is 3.58. The molecule has 9 heteroatoms. The zero-order valence-electron chi connectivity index (χ0n) is 17.8. The Morgan fingerprint density at radius 2 is 2.07 bits per heavy atom. The minimum atomic E-state index is 0. The highest BCUT2D eigenvalue weighted by Gasteiger charge is 2.27. The van der Waals surface area contributed by atoms with Crippen LogP contribution in [0.25, 0.3) is 0 Å². The summed E-state index contributed by atoms with van der Waals surface area (Å²) in [7, 11) is 3.59.